The van der Waals surface area contributed by atoms with Crippen LogP contribution in [0.25, 0.3) is 0 Å². The van der Waals surface area contributed by atoms with Crippen molar-refractivity contribution >= 4 is 18.3 Å². The monoisotopic (exact) mass is 276 g/mol. The summed E-state index contributed by atoms with van der Waals surface area (Å²) in [4.78, 5) is 14.6. The summed E-state index contributed by atoms with van der Waals surface area (Å²) in [6.45, 7) is 4.76. The normalized spacial score (nSPS) is 26.8. The number of carbonyl (C=O) groups is 1. The van der Waals surface area contributed by atoms with Gasteiger partial charge in [-0.3, -0.25) is 4.79 Å². The van der Waals surface area contributed by atoms with Crippen LogP contribution >= 0.6 is 12.4 Å². The number of ether oxygens (including phenoxy) is 1. The molecule has 1 saturated carbocycles. The predicted octanol–water partition coefficient (Wildman–Crippen LogP) is 1.56. The van der Waals surface area contributed by atoms with E-state index in [1.165, 1.54) is 0 Å². The quantitative estimate of drug-likeness (QED) is 0.851. The second-order valence-electron chi connectivity index (χ2n) is 5.34. The van der Waals surface area contributed by atoms with E-state index in [9.17, 15) is 4.79 Å². The molecule has 1 saturated heterocycles. The van der Waals surface area contributed by atoms with Crippen LogP contribution in [0.15, 0.2) is 0 Å². The maximum absolute atomic E-state index is 12.6. The smallest absolute Gasteiger partial charge is 0.230 e. The van der Waals surface area contributed by atoms with E-state index in [2.05, 4.69) is 6.92 Å². The van der Waals surface area contributed by atoms with E-state index < -0.39 is 0 Å². The van der Waals surface area contributed by atoms with Crippen molar-refractivity contribution in [2.75, 3.05) is 26.2 Å². The van der Waals surface area contributed by atoms with Gasteiger partial charge in [-0.05, 0) is 19.3 Å². The molecule has 18 heavy (non-hydrogen) atoms. The lowest BCUT2D eigenvalue weighted by Gasteiger charge is -2.38. The van der Waals surface area contributed by atoms with E-state index in [1.807, 2.05) is 4.90 Å². The molecule has 0 bridgehead atoms. The number of hydrogen-bond acceptors (Lipinski definition) is 3. The second kappa shape index (κ2) is 6.73. The zero-order valence-electron chi connectivity index (χ0n) is 11.2. The van der Waals surface area contributed by atoms with Gasteiger partial charge >= 0.3 is 0 Å². The van der Waals surface area contributed by atoms with Crippen LogP contribution in [0.1, 0.15) is 39.0 Å². The summed E-state index contributed by atoms with van der Waals surface area (Å²) in [5, 5.41) is 0. The maximum atomic E-state index is 12.6. The van der Waals surface area contributed by atoms with Gasteiger partial charge in [-0.1, -0.05) is 19.8 Å². The predicted molar refractivity (Wildman–Crippen MR) is 73.8 cm³/mol. The summed E-state index contributed by atoms with van der Waals surface area (Å²) in [7, 11) is 0. The van der Waals surface area contributed by atoms with Crippen LogP contribution < -0.4 is 5.73 Å². The van der Waals surface area contributed by atoms with Crippen LogP contribution in [0.5, 0.6) is 0 Å². The number of rotatable bonds is 3. The summed E-state index contributed by atoms with van der Waals surface area (Å²) < 4.78 is 5.61. The number of morpholine rings is 1. The Labute approximate surface area is 116 Å². The number of halogens is 1. The Bertz CT molecular complexity index is 280. The van der Waals surface area contributed by atoms with Crippen molar-refractivity contribution in [1.29, 1.82) is 0 Å². The molecular weight excluding hydrogens is 252 g/mol. The van der Waals surface area contributed by atoms with Gasteiger partial charge in [-0.2, -0.15) is 0 Å². The molecule has 1 aliphatic carbocycles. The summed E-state index contributed by atoms with van der Waals surface area (Å²) in [5.74, 6) is 0.277. The van der Waals surface area contributed by atoms with Crippen molar-refractivity contribution in [2.24, 2.45) is 11.1 Å². The zero-order chi connectivity index (χ0) is 12.3. The Hall–Kier alpha value is -0.320. The van der Waals surface area contributed by atoms with Gasteiger partial charge in [-0.25, -0.2) is 0 Å². The van der Waals surface area contributed by atoms with Gasteiger partial charge in [0, 0.05) is 19.6 Å². The minimum absolute atomic E-state index is 0. The fourth-order valence-corrected chi connectivity index (χ4v) is 3.04. The molecule has 5 heteroatoms. The molecular formula is C13H25ClN2O2. The molecule has 0 aromatic rings. The first-order valence-corrected chi connectivity index (χ1v) is 6.83. The fourth-order valence-electron chi connectivity index (χ4n) is 3.04. The third kappa shape index (κ3) is 2.98. The molecule has 1 atom stereocenters. The van der Waals surface area contributed by atoms with E-state index in [-0.39, 0.29) is 29.8 Å². The molecule has 106 valence electrons. The Balaban J connectivity index is 0.00000162. The van der Waals surface area contributed by atoms with Crippen LogP contribution in [-0.4, -0.2) is 43.2 Å². The molecule has 1 amide bonds. The summed E-state index contributed by atoms with van der Waals surface area (Å²) >= 11 is 0. The molecule has 0 aromatic heterocycles. The molecule has 2 fully saturated rings. The van der Waals surface area contributed by atoms with Crippen LogP contribution in [0, 0.1) is 5.41 Å². The highest BCUT2D eigenvalue weighted by Gasteiger charge is 2.43. The van der Waals surface area contributed by atoms with Gasteiger partial charge in [-0.15, -0.1) is 12.4 Å². The average Bonchev–Trinajstić information content (AvgIpc) is 2.88. The molecule has 2 rings (SSSR count). The molecule has 1 heterocycles. The van der Waals surface area contributed by atoms with Crippen molar-refractivity contribution in [3.05, 3.63) is 0 Å². The van der Waals surface area contributed by atoms with Crippen LogP contribution in [-0.2, 0) is 9.53 Å². The van der Waals surface area contributed by atoms with E-state index in [0.717, 1.165) is 45.2 Å². The zero-order valence-corrected chi connectivity index (χ0v) is 12.0. The molecule has 2 aliphatic rings. The van der Waals surface area contributed by atoms with Crippen molar-refractivity contribution in [1.82, 2.24) is 4.90 Å². The Morgan fingerprint density at radius 1 is 1.44 bits per heavy atom. The van der Waals surface area contributed by atoms with Gasteiger partial charge in [0.05, 0.1) is 18.1 Å². The van der Waals surface area contributed by atoms with Crippen LogP contribution in [0.2, 0.25) is 0 Å². The van der Waals surface area contributed by atoms with Crippen molar-refractivity contribution in [3.63, 3.8) is 0 Å². The molecule has 2 N–H and O–H groups in total. The molecule has 0 spiro atoms. The van der Waals surface area contributed by atoms with Gasteiger partial charge < -0.3 is 15.4 Å². The molecule has 4 nitrogen and oxygen atoms in total. The van der Waals surface area contributed by atoms with Crippen molar-refractivity contribution in [3.8, 4) is 0 Å². The van der Waals surface area contributed by atoms with Gasteiger partial charge in [0.1, 0.15) is 0 Å². The first-order valence-electron chi connectivity index (χ1n) is 6.83. The SMILES string of the molecule is CCC1CN(C(=O)C2(CN)CCCC2)CCO1.Cl. The average molecular weight is 277 g/mol. The lowest BCUT2D eigenvalue weighted by Crippen LogP contribution is -2.52. The molecule has 0 aromatic carbocycles. The Morgan fingerprint density at radius 3 is 2.67 bits per heavy atom. The van der Waals surface area contributed by atoms with Crippen molar-refractivity contribution in [2.45, 2.75) is 45.1 Å². The Morgan fingerprint density at radius 2 is 2.11 bits per heavy atom. The maximum Gasteiger partial charge on any atom is 0.230 e. The second-order valence-corrected chi connectivity index (χ2v) is 5.34. The minimum atomic E-state index is -0.254. The summed E-state index contributed by atoms with van der Waals surface area (Å²) in [6, 6.07) is 0. The van der Waals surface area contributed by atoms with Gasteiger partial charge in [0.15, 0.2) is 0 Å². The third-order valence-electron chi connectivity index (χ3n) is 4.29. The summed E-state index contributed by atoms with van der Waals surface area (Å²) in [6.07, 6.45) is 5.41. The standard InChI is InChI=1S/C13H24N2O2.ClH/c1-2-11-9-15(7-8-17-11)12(16)13(10-14)5-3-4-6-13;/h11H,2-10,14H2,1H3;1H. The lowest BCUT2D eigenvalue weighted by molar-refractivity contribution is -0.149. The number of amides is 1. The van der Waals surface area contributed by atoms with Crippen molar-refractivity contribution < 1.29 is 9.53 Å². The van der Waals surface area contributed by atoms with Gasteiger partial charge in [0.25, 0.3) is 0 Å². The number of carbonyl (C=O) groups excluding carboxylic acids is 1. The lowest BCUT2D eigenvalue weighted by atomic mass is 9.84. The van der Waals surface area contributed by atoms with E-state index in [1.54, 1.807) is 0 Å². The molecule has 0 radical (unpaired) electrons. The van der Waals surface area contributed by atoms with Crippen LogP contribution in [0.4, 0.5) is 0 Å². The van der Waals surface area contributed by atoms with E-state index in [4.69, 9.17) is 10.5 Å². The Kier molecular flexibility index (Phi) is 5.89. The third-order valence-corrected chi connectivity index (χ3v) is 4.29. The highest BCUT2D eigenvalue weighted by molar-refractivity contribution is 5.85. The van der Waals surface area contributed by atoms with Gasteiger partial charge in [0.2, 0.25) is 5.91 Å². The van der Waals surface area contributed by atoms with E-state index in [0.29, 0.717) is 13.2 Å². The highest BCUT2D eigenvalue weighted by Crippen LogP contribution is 2.39. The van der Waals surface area contributed by atoms with E-state index >= 15 is 0 Å². The topological polar surface area (TPSA) is 55.6 Å². The summed E-state index contributed by atoms with van der Waals surface area (Å²) in [5.41, 5.74) is 5.61. The number of nitrogens with zero attached hydrogens (tertiary/aromatic N) is 1. The molecule has 1 aliphatic heterocycles. The first kappa shape index (κ1) is 15.7. The fraction of sp³-hybridized carbons (Fsp3) is 0.923. The minimum Gasteiger partial charge on any atom is -0.375 e. The highest BCUT2D eigenvalue weighted by atomic mass is 35.5. The number of nitrogens with two attached hydrogens (primary N) is 1. The number of hydrogen-bond donors (Lipinski definition) is 1. The molecule has 1 unspecified atom stereocenters. The first-order chi connectivity index (χ1) is 8.22. The van der Waals surface area contributed by atoms with Crippen LogP contribution in [0.3, 0.4) is 0 Å². The largest absolute Gasteiger partial charge is 0.375 e.